The van der Waals surface area contributed by atoms with Crippen LogP contribution in [0.15, 0.2) is 0 Å². The highest BCUT2D eigenvalue weighted by Crippen LogP contribution is 2.37. The summed E-state index contributed by atoms with van der Waals surface area (Å²) in [5, 5.41) is 0. The Hall–Kier alpha value is -0.730. The normalized spacial score (nSPS) is 25.7. The third-order valence-electron chi connectivity index (χ3n) is 3.01. The lowest BCUT2D eigenvalue weighted by atomic mass is 9.80. The van der Waals surface area contributed by atoms with Crippen molar-refractivity contribution in [3.63, 3.8) is 0 Å². The molecule has 3 nitrogen and oxygen atoms in total. The lowest BCUT2D eigenvalue weighted by Gasteiger charge is -2.51. The number of rotatable bonds is 0. The number of likely N-dealkylation sites (tertiary alicyclic amines) is 1. The Morgan fingerprint density at radius 2 is 1.54 bits per heavy atom. The number of piperidine rings is 1. The molecule has 3 heteroatoms. The van der Waals surface area contributed by atoms with Gasteiger partial charge >= 0.3 is 6.03 Å². The van der Waals surface area contributed by atoms with Crippen LogP contribution in [0, 0.1) is 0 Å². The third kappa shape index (κ3) is 1.79. The highest BCUT2D eigenvalue weighted by molar-refractivity contribution is 5.74. The molecule has 1 heterocycles. The van der Waals surface area contributed by atoms with Crippen LogP contribution in [-0.4, -0.2) is 22.0 Å². The predicted octanol–water partition coefficient (Wildman–Crippen LogP) is 2.11. The van der Waals surface area contributed by atoms with Gasteiger partial charge in [-0.1, -0.05) is 0 Å². The standard InChI is InChI=1S/C10H20N2O/c1-9(2)6-5-7-10(3,4)12(9)8(11)13/h5-7H2,1-4H3,(H2,11,13). The summed E-state index contributed by atoms with van der Waals surface area (Å²) in [5.41, 5.74) is 5.23. The number of amides is 2. The van der Waals surface area contributed by atoms with E-state index in [1.54, 1.807) is 0 Å². The van der Waals surface area contributed by atoms with Gasteiger partial charge in [0.2, 0.25) is 0 Å². The van der Waals surface area contributed by atoms with Crippen LogP contribution in [0.3, 0.4) is 0 Å². The zero-order valence-corrected chi connectivity index (χ0v) is 9.05. The SMILES string of the molecule is CC1(C)CCCC(C)(C)N1C(N)=O. The predicted molar refractivity (Wildman–Crippen MR) is 53.4 cm³/mol. The fourth-order valence-electron chi connectivity index (χ4n) is 2.59. The molecule has 0 aliphatic carbocycles. The number of urea groups is 1. The molecule has 0 radical (unpaired) electrons. The van der Waals surface area contributed by atoms with Crippen molar-refractivity contribution in [2.24, 2.45) is 5.73 Å². The van der Waals surface area contributed by atoms with E-state index in [-0.39, 0.29) is 17.1 Å². The van der Waals surface area contributed by atoms with Gasteiger partial charge in [0.15, 0.2) is 0 Å². The van der Waals surface area contributed by atoms with E-state index < -0.39 is 0 Å². The Balaban J connectivity index is 2.98. The third-order valence-corrected chi connectivity index (χ3v) is 3.01. The maximum absolute atomic E-state index is 11.3. The number of carbonyl (C=O) groups is 1. The minimum absolute atomic E-state index is 0.0897. The molecule has 13 heavy (non-hydrogen) atoms. The Kier molecular flexibility index (Phi) is 2.30. The van der Waals surface area contributed by atoms with Crippen molar-refractivity contribution in [3.8, 4) is 0 Å². The summed E-state index contributed by atoms with van der Waals surface area (Å²) >= 11 is 0. The van der Waals surface area contributed by atoms with Crippen molar-refractivity contribution < 1.29 is 4.79 Å². The van der Waals surface area contributed by atoms with Gasteiger partial charge in [0.25, 0.3) is 0 Å². The van der Waals surface area contributed by atoms with E-state index in [0.29, 0.717) is 0 Å². The largest absolute Gasteiger partial charge is 0.351 e. The highest BCUT2D eigenvalue weighted by atomic mass is 16.2. The quantitative estimate of drug-likeness (QED) is 0.615. The average Bonchev–Trinajstić information content (AvgIpc) is 1.79. The zero-order chi connectivity index (χ0) is 10.3. The molecule has 2 N–H and O–H groups in total. The van der Waals surface area contributed by atoms with Gasteiger partial charge < -0.3 is 10.6 Å². The molecular formula is C10H20N2O. The first kappa shape index (κ1) is 10.4. The Labute approximate surface area is 80.3 Å². The minimum atomic E-state index is -0.297. The lowest BCUT2D eigenvalue weighted by Crippen LogP contribution is -2.62. The second-order valence-corrected chi connectivity index (χ2v) is 5.15. The van der Waals surface area contributed by atoms with Crippen LogP contribution < -0.4 is 5.73 Å². The van der Waals surface area contributed by atoms with Gasteiger partial charge in [0, 0.05) is 11.1 Å². The summed E-state index contributed by atoms with van der Waals surface area (Å²) in [5.74, 6) is 0. The van der Waals surface area contributed by atoms with Gasteiger partial charge in [0.1, 0.15) is 0 Å². The summed E-state index contributed by atoms with van der Waals surface area (Å²) in [6, 6.07) is -0.297. The first-order chi connectivity index (χ1) is 5.77. The summed E-state index contributed by atoms with van der Waals surface area (Å²) in [4.78, 5) is 13.2. The summed E-state index contributed by atoms with van der Waals surface area (Å²) in [6.45, 7) is 8.33. The van der Waals surface area contributed by atoms with E-state index in [1.807, 2.05) is 4.90 Å². The van der Waals surface area contributed by atoms with Crippen molar-refractivity contribution in [1.82, 2.24) is 4.90 Å². The van der Waals surface area contributed by atoms with Crippen LogP contribution in [0.5, 0.6) is 0 Å². The van der Waals surface area contributed by atoms with Crippen LogP contribution in [0.25, 0.3) is 0 Å². The molecule has 0 aromatic rings. The summed E-state index contributed by atoms with van der Waals surface area (Å²) < 4.78 is 0. The summed E-state index contributed by atoms with van der Waals surface area (Å²) in [6.07, 6.45) is 3.25. The van der Waals surface area contributed by atoms with Crippen molar-refractivity contribution in [3.05, 3.63) is 0 Å². The molecule has 0 aromatic carbocycles. The van der Waals surface area contributed by atoms with Gasteiger partial charge in [-0.15, -0.1) is 0 Å². The lowest BCUT2D eigenvalue weighted by molar-refractivity contribution is 0.0157. The number of hydrogen-bond acceptors (Lipinski definition) is 1. The van der Waals surface area contributed by atoms with E-state index in [9.17, 15) is 4.79 Å². The average molecular weight is 184 g/mol. The number of carbonyl (C=O) groups excluding carboxylic acids is 1. The first-order valence-corrected chi connectivity index (χ1v) is 4.87. The van der Waals surface area contributed by atoms with Gasteiger partial charge in [-0.2, -0.15) is 0 Å². The molecule has 0 aromatic heterocycles. The Bertz CT molecular complexity index is 205. The molecule has 0 atom stereocenters. The monoisotopic (exact) mass is 184 g/mol. The number of primary amides is 1. The second-order valence-electron chi connectivity index (χ2n) is 5.15. The van der Waals surface area contributed by atoms with E-state index in [2.05, 4.69) is 27.7 Å². The molecule has 0 spiro atoms. The maximum atomic E-state index is 11.3. The van der Waals surface area contributed by atoms with Crippen LogP contribution in [0.4, 0.5) is 4.79 Å². The van der Waals surface area contributed by atoms with Crippen molar-refractivity contribution in [2.75, 3.05) is 0 Å². The van der Waals surface area contributed by atoms with Gasteiger partial charge in [-0.25, -0.2) is 4.79 Å². The van der Waals surface area contributed by atoms with E-state index >= 15 is 0 Å². The van der Waals surface area contributed by atoms with Crippen LogP contribution in [0.2, 0.25) is 0 Å². The smallest absolute Gasteiger partial charge is 0.315 e. The van der Waals surface area contributed by atoms with Crippen molar-refractivity contribution in [1.29, 1.82) is 0 Å². The number of nitrogens with two attached hydrogens (primary N) is 1. The van der Waals surface area contributed by atoms with Crippen LogP contribution in [-0.2, 0) is 0 Å². The maximum Gasteiger partial charge on any atom is 0.315 e. The first-order valence-electron chi connectivity index (χ1n) is 4.87. The van der Waals surface area contributed by atoms with E-state index in [4.69, 9.17) is 5.73 Å². The zero-order valence-electron chi connectivity index (χ0n) is 9.05. The van der Waals surface area contributed by atoms with Crippen LogP contribution >= 0.6 is 0 Å². The van der Waals surface area contributed by atoms with E-state index in [1.165, 1.54) is 6.42 Å². The molecule has 0 unspecified atom stereocenters. The Morgan fingerprint density at radius 3 is 1.77 bits per heavy atom. The molecule has 0 bridgehead atoms. The fourth-order valence-corrected chi connectivity index (χ4v) is 2.59. The molecular weight excluding hydrogens is 164 g/mol. The molecule has 1 aliphatic rings. The van der Waals surface area contributed by atoms with E-state index in [0.717, 1.165) is 12.8 Å². The van der Waals surface area contributed by atoms with Gasteiger partial charge in [0.05, 0.1) is 0 Å². The summed E-state index contributed by atoms with van der Waals surface area (Å²) in [7, 11) is 0. The highest BCUT2D eigenvalue weighted by Gasteiger charge is 2.43. The minimum Gasteiger partial charge on any atom is -0.351 e. The van der Waals surface area contributed by atoms with Crippen LogP contribution in [0.1, 0.15) is 47.0 Å². The topological polar surface area (TPSA) is 46.3 Å². The molecule has 1 saturated heterocycles. The van der Waals surface area contributed by atoms with Gasteiger partial charge in [-0.05, 0) is 47.0 Å². The molecule has 2 amide bonds. The molecule has 1 fully saturated rings. The van der Waals surface area contributed by atoms with Crippen molar-refractivity contribution in [2.45, 2.75) is 58.0 Å². The molecule has 0 saturated carbocycles. The molecule has 76 valence electrons. The molecule has 1 aliphatic heterocycles. The van der Waals surface area contributed by atoms with Gasteiger partial charge in [-0.3, -0.25) is 0 Å². The number of hydrogen-bond donors (Lipinski definition) is 1. The Morgan fingerprint density at radius 1 is 1.15 bits per heavy atom. The number of nitrogens with zero attached hydrogens (tertiary/aromatic N) is 1. The van der Waals surface area contributed by atoms with Crippen molar-refractivity contribution >= 4 is 6.03 Å². The second kappa shape index (κ2) is 2.89. The fraction of sp³-hybridized carbons (Fsp3) is 0.900. The molecule has 1 rings (SSSR count).